The van der Waals surface area contributed by atoms with Gasteiger partial charge >= 0.3 is 0 Å². The third kappa shape index (κ3) is 6.09. The number of hydrogen-bond acceptors (Lipinski definition) is 5. The number of allylic oxidation sites excluding steroid dienone is 2. The summed E-state index contributed by atoms with van der Waals surface area (Å²) in [6, 6.07) is 19.6. The summed E-state index contributed by atoms with van der Waals surface area (Å²) in [5, 5.41) is 20.6. The minimum Gasteiger partial charge on any atom is -0.493 e. The Balaban J connectivity index is 1.95. The van der Waals surface area contributed by atoms with Gasteiger partial charge in [-0.25, -0.2) is 0 Å². The largest absolute Gasteiger partial charge is 0.493 e. The van der Waals surface area contributed by atoms with Gasteiger partial charge in [0.1, 0.15) is 6.61 Å². The first-order valence-electron chi connectivity index (χ1n) is 10.0. The first-order chi connectivity index (χ1) is 15.9. The van der Waals surface area contributed by atoms with E-state index < -0.39 is 4.92 Å². The highest BCUT2D eigenvalue weighted by molar-refractivity contribution is 9.10. The van der Waals surface area contributed by atoms with E-state index >= 15 is 0 Å². The van der Waals surface area contributed by atoms with Gasteiger partial charge in [0, 0.05) is 22.2 Å². The number of nitro benzene ring substituents is 1. The summed E-state index contributed by atoms with van der Waals surface area (Å²) < 4.78 is 12.7. The molecule has 0 radical (unpaired) electrons. The van der Waals surface area contributed by atoms with Crippen molar-refractivity contribution in [3.63, 3.8) is 0 Å². The van der Waals surface area contributed by atoms with E-state index in [1.165, 1.54) is 12.1 Å². The van der Waals surface area contributed by atoms with Crippen molar-refractivity contribution in [1.82, 2.24) is 0 Å². The van der Waals surface area contributed by atoms with Gasteiger partial charge in [-0.15, -0.1) is 6.58 Å². The van der Waals surface area contributed by atoms with E-state index in [-0.39, 0.29) is 5.69 Å². The Morgan fingerprint density at radius 1 is 1.18 bits per heavy atom. The van der Waals surface area contributed by atoms with Crippen molar-refractivity contribution >= 4 is 33.3 Å². The Bertz CT molecular complexity index is 1230. The molecule has 33 heavy (non-hydrogen) atoms. The lowest BCUT2D eigenvalue weighted by Gasteiger charge is -2.16. The Labute approximate surface area is 200 Å². The molecule has 0 unspecified atom stereocenters. The van der Waals surface area contributed by atoms with Crippen LogP contribution in [0.5, 0.6) is 11.5 Å². The molecule has 3 aromatic rings. The van der Waals surface area contributed by atoms with Crippen molar-refractivity contribution in [2.75, 3.05) is 7.11 Å². The Morgan fingerprint density at radius 2 is 1.88 bits per heavy atom. The SMILES string of the molecule is C=CCc1cc(/C=C(\C#N)c2ccc([N+](=O)[O-])cc2)cc(OC)c1OCc1ccc(Br)cc1. The number of benzene rings is 3. The summed E-state index contributed by atoms with van der Waals surface area (Å²) >= 11 is 3.43. The Hall–Kier alpha value is -3.89. The van der Waals surface area contributed by atoms with Crippen molar-refractivity contribution in [2.24, 2.45) is 0 Å². The number of nitro groups is 1. The molecule has 166 valence electrons. The number of hydrogen-bond donors (Lipinski definition) is 0. The smallest absolute Gasteiger partial charge is 0.269 e. The number of methoxy groups -OCH3 is 1. The first-order valence-corrected chi connectivity index (χ1v) is 10.8. The van der Waals surface area contributed by atoms with E-state index in [0.29, 0.717) is 35.7 Å². The number of ether oxygens (including phenoxy) is 2. The van der Waals surface area contributed by atoms with E-state index in [0.717, 1.165) is 21.2 Å². The lowest BCUT2D eigenvalue weighted by atomic mass is 10.0. The van der Waals surface area contributed by atoms with Crippen LogP contribution in [-0.2, 0) is 13.0 Å². The third-order valence-electron chi connectivity index (χ3n) is 4.86. The van der Waals surface area contributed by atoms with E-state index in [1.807, 2.05) is 30.3 Å². The van der Waals surface area contributed by atoms with Gasteiger partial charge in [0.15, 0.2) is 11.5 Å². The van der Waals surface area contributed by atoms with Crippen molar-refractivity contribution in [3.05, 3.63) is 110 Å². The van der Waals surface area contributed by atoms with Gasteiger partial charge in [0.05, 0.1) is 23.7 Å². The van der Waals surface area contributed by atoms with Crippen LogP contribution in [0.2, 0.25) is 0 Å². The van der Waals surface area contributed by atoms with E-state index in [1.54, 1.807) is 37.5 Å². The van der Waals surface area contributed by atoms with E-state index in [2.05, 4.69) is 28.6 Å². The molecule has 0 aliphatic carbocycles. The quantitative estimate of drug-likeness (QED) is 0.106. The molecular weight excluding hydrogens is 484 g/mol. The average Bonchev–Trinajstić information content (AvgIpc) is 2.82. The maximum Gasteiger partial charge on any atom is 0.269 e. The standard InChI is InChI=1S/C26H21BrN2O4/c1-3-4-21-13-19(14-22(16-28)20-7-11-24(12-8-20)29(30)31)15-25(32-2)26(21)33-17-18-5-9-23(27)10-6-18/h3,5-15H,1,4,17H2,2H3/b22-14+. The van der Waals surface area contributed by atoms with Gasteiger partial charge in [-0.1, -0.05) is 34.1 Å². The van der Waals surface area contributed by atoms with Gasteiger partial charge in [-0.05, 0) is 65.6 Å². The summed E-state index contributed by atoms with van der Waals surface area (Å²) in [7, 11) is 1.56. The highest BCUT2D eigenvalue weighted by atomic mass is 79.9. The fourth-order valence-corrected chi connectivity index (χ4v) is 3.50. The molecule has 3 aromatic carbocycles. The maximum absolute atomic E-state index is 10.9. The van der Waals surface area contributed by atoms with E-state index in [4.69, 9.17) is 9.47 Å². The van der Waals surface area contributed by atoms with Crippen molar-refractivity contribution in [1.29, 1.82) is 5.26 Å². The van der Waals surface area contributed by atoms with Crippen LogP contribution in [0.4, 0.5) is 5.69 Å². The molecule has 7 heteroatoms. The van der Waals surface area contributed by atoms with Gasteiger partial charge in [-0.2, -0.15) is 5.26 Å². The maximum atomic E-state index is 10.9. The van der Waals surface area contributed by atoms with Crippen LogP contribution < -0.4 is 9.47 Å². The molecule has 0 saturated heterocycles. The zero-order valence-corrected chi connectivity index (χ0v) is 19.5. The monoisotopic (exact) mass is 504 g/mol. The molecule has 0 N–H and O–H groups in total. The second-order valence-electron chi connectivity index (χ2n) is 7.09. The minimum atomic E-state index is -0.473. The van der Waals surface area contributed by atoms with Crippen LogP contribution in [-0.4, -0.2) is 12.0 Å². The molecule has 0 amide bonds. The predicted molar refractivity (Wildman–Crippen MR) is 132 cm³/mol. The molecule has 0 fully saturated rings. The van der Waals surface area contributed by atoms with Gasteiger partial charge in [0.25, 0.3) is 5.69 Å². The van der Waals surface area contributed by atoms with Crippen LogP contribution in [0, 0.1) is 21.4 Å². The molecule has 0 aliphatic heterocycles. The zero-order valence-electron chi connectivity index (χ0n) is 18.0. The fraction of sp³-hybridized carbons (Fsp3) is 0.115. The minimum absolute atomic E-state index is 0.0294. The molecule has 0 bridgehead atoms. The van der Waals surface area contributed by atoms with Crippen LogP contribution in [0.15, 0.2) is 77.8 Å². The summed E-state index contributed by atoms with van der Waals surface area (Å²) in [6.45, 7) is 4.20. The molecule has 0 aromatic heterocycles. The Kier molecular flexibility index (Phi) is 8.01. The molecule has 0 spiro atoms. The normalized spacial score (nSPS) is 10.9. The number of nitrogens with zero attached hydrogens (tertiary/aromatic N) is 2. The predicted octanol–water partition coefficient (Wildman–Crippen LogP) is 6.74. The molecular formula is C26H21BrN2O4. The topological polar surface area (TPSA) is 85.4 Å². The first kappa shape index (κ1) is 23.8. The summed E-state index contributed by atoms with van der Waals surface area (Å²) in [4.78, 5) is 10.4. The molecule has 3 rings (SSSR count). The average molecular weight is 505 g/mol. The van der Waals surface area contributed by atoms with Crippen LogP contribution in [0.3, 0.4) is 0 Å². The lowest BCUT2D eigenvalue weighted by Crippen LogP contribution is -2.02. The summed E-state index contributed by atoms with van der Waals surface area (Å²) in [5.74, 6) is 1.16. The second kappa shape index (κ2) is 11.1. The highest BCUT2D eigenvalue weighted by Crippen LogP contribution is 2.35. The zero-order chi connectivity index (χ0) is 23.8. The molecule has 0 heterocycles. The van der Waals surface area contributed by atoms with Crippen molar-refractivity contribution in [2.45, 2.75) is 13.0 Å². The number of non-ortho nitro benzene ring substituents is 1. The Morgan fingerprint density at radius 3 is 2.45 bits per heavy atom. The fourth-order valence-electron chi connectivity index (χ4n) is 3.24. The van der Waals surface area contributed by atoms with Gasteiger partial charge in [-0.3, -0.25) is 10.1 Å². The van der Waals surface area contributed by atoms with Crippen LogP contribution in [0.25, 0.3) is 11.6 Å². The van der Waals surface area contributed by atoms with Gasteiger partial charge < -0.3 is 9.47 Å². The van der Waals surface area contributed by atoms with Crippen molar-refractivity contribution < 1.29 is 14.4 Å². The van der Waals surface area contributed by atoms with Gasteiger partial charge in [0.2, 0.25) is 0 Å². The highest BCUT2D eigenvalue weighted by Gasteiger charge is 2.14. The van der Waals surface area contributed by atoms with Crippen LogP contribution >= 0.6 is 15.9 Å². The van der Waals surface area contributed by atoms with E-state index in [9.17, 15) is 15.4 Å². The number of nitriles is 1. The number of rotatable bonds is 9. The second-order valence-corrected chi connectivity index (χ2v) is 8.01. The molecule has 6 nitrogen and oxygen atoms in total. The molecule has 0 saturated carbocycles. The molecule has 0 atom stereocenters. The number of halogens is 1. The van der Waals surface area contributed by atoms with Crippen molar-refractivity contribution in [3.8, 4) is 17.6 Å². The third-order valence-corrected chi connectivity index (χ3v) is 5.38. The summed E-state index contributed by atoms with van der Waals surface area (Å²) in [5.41, 5.74) is 3.56. The summed E-state index contributed by atoms with van der Waals surface area (Å²) in [6.07, 6.45) is 4.04. The molecule has 0 aliphatic rings. The van der Waals surface area contributed by atoms with Crippen LogP contribution in [0.1, 0.15) is 22.3 Å². The lowest BCUT2D eigenvalue weighted by molar-refractivity contribution is -0.384.